The monoisotopic (exact) mass is 485 g/mol. The zero-order valence-electron chi connectivity index (χ0n) is 19.8. The lowest BCUT2D eigenvalue weighted by Crippen LogP contribution is -2.42. The van der Waals surface area contributed by atoms with E-state index in [0.717, 1.165) is 16.3 Å². The molecule has 12 nitrogen and oxygen atoms in total. The predicted octanol–water partition coefficient (Wildman–Crippen LogP) is 1.87. The topological polar surface area (TPSA) is 140 Å². The minimum absolute atomic E-state index is 0.442. The Morgan fingerprint density at radius 1 is 1.06 bits per heavy atom. The second-order valence-electron chi connectivity index (χ2n) is 8.59. The smallest absolute Gasteiger partial charge is 0.321 e. The fraction of sp³-hybridized carbons (Fsp3) is 0.208. The van der Waals surface area contributed by atoms with E-state index in [1.165, 1.54) is 11.0 Å². The van der Waals surface area contributed by atoms with Crippen molar-refractivity contribution in [2.75, 3.05) is 11.9 Å². The summed E-state index contributed by atoms with van der Waals surface area (Å²) in [6, 6.07) is 15.8. The number of para-hydroxylation sites is 1. The van der Waals surface area contributed by atoms with Crippen LogP contribution >= 0.6 is 0 Å². The number of carbonyl (C=O) groups excluding carboxylic acids is 3. The van der Waals surface area contributed by atoms with Gasteiger partial charge in [-0.3, -0.25) is 14.5 Å². The number of carbonyl (C=O) groups is 3. The van der Waals surface area contributed by atoms with Gasteiger partial charge in [-0.05, 0) is 61.0 Å². The highest BCUT2D eigenvalue weighted by atomic mass is 16.2. The average Bonchev–Trinajstić information content (AvgIpc) is 3.57. The summed E-state index contributed by atoms with van der Waals surface area (Å²) in [7, 11) is 0. The number of aryl methyl sites for hydroxylation is 1. The Hall–Kier alpha value is -4.87. The normalized spacial score (nSPS) is 17.4. The van der Waals surface area contributed by atoms with E-state index in [1.807, 2.05) is 37.3 Å². The third kappa shape index (κ3) is 3.87. The molecule has 2 aromatic carbocycles. The number of aromatic nitrogens is 6. The van der Waals surface area contributed by atoms with Crippen molar-refractivity contribution in [3.8, 4) is 11.4 Å². The molecule has 0 aliphatic carbocycles. The Morgan fingerprint density at radius 2 is 1.81 bits per heavy atom. The highest BCUT2D eigenvalue weighted by Gasteiger charge is 2.49. The van der Waals surface area contributed by atoms with Gasteiger partial charge in [-0.15, -0.1) is 5.10 Å². The third-order valence-electron chi connectivity index (χ3n) is 6.17. The molecule has 5 rings (SSSR count). The molecule has 2 N–H and O–H groups in total. The fourth-order valence-electron chi connectivity index (χ4n) is 4.24. The van der Waals surface area contributed by atoms with Gasteiger partial charge < -0.3 is 10.6 Å². The second kappa shape index (κ2) is 8.73. The maximum atomic E-state index is 13.3. The summed E-state index contributed by atoms with van der Waals surface area (Å²) in [4.78, 5) is 39.9. The van der Waals surface area contributed by atoms with E-state index in [0.29, 0.717) is 22.6 Å². The zero-order valence-corrected chi connectivity index (χ0v) is 19.8. The number of urea groups is 1. The van der Waals surface area contributed by atoms with Gasteiger partial charge in [-0.2, -0.15) is 5.10 Å². The van der Waals surface area contributed by atoms with Crippen LogP contribution in [0.1, 0.15) is 23.9 Å². The Morgan fingerprint density at radius 3 is 2.53 bits per heavy atom. The van der Waals surface area contributed by atoms with E-state index >= 15 is 0 Å². The molecule has 1 fully saturated rings. The van der Waals surface area contributed by atoms with E-state index in [9.17, 15) is 14.4 Å². The number of nitrogens with one attached hydrogen (secondary N) is 2. The highest BCUT2D eigenvalue weighted by Crippen LogP contribution is 2.30. The first-order chi connectivity index (χ1) is 17.3. The van der Waals surface area contributed by atoms with Crippen LogP contribution in [0.4, 0.5) is 10.5 Å². The van der Waals surface area contributed by atoms with Crippen LogP contribution in [-0.4, -0.2) is 59.3 Å². The number of hydrogen-bond acceptors (Lipinski definition) is 7. The molecule has 1 aliphatic rings. The van der Waals surface area contributed by atoms with Crippen LogP contribution in [0, 0.1) is 13.8 Å². The molecule has 4 amide bonds. The number of anilines is 1. The second-order valence-corrected chi connectivity index (χ2v) is 8.59. The maximum absolute atomic E-state index is 13.3. The summed E-state index contributed by atoms with van der Waals surface area (Å²) in [6.45, 7) is 4.78. The number of nitrogens with zero attached hydrogens (tertiary/aromatic N) is 7. The van der Waals surface area contributed by atoms with Gasteiger partial charge in [0.2, 0.25) is 5.91 Å². The van der Waals surface area contributed by atoms with Crippen molar-refractivity contribution in [3.05, 3.63) is 77.9 Å². The predicted molar refractivity (Wildman–Crippen MR) is 128 cm³/mol. The van der Waals surface area contributed by atoms with E-state index in [-0.39, 0.29) is 0 Å². The Balaban J connectivity index is 1.34. The van der Waals surface area contributed by atoms with Crippen LogP contribution in [0.25, 0.3) is 11.4 Å². The number of imide groups is 1. The van der Waals surface area contributed by atoms with Crippen molar-refractivity contribution in [3.63, 3.8) is 0 Å². The molecule has 36 heavy (non-hydrogen) atoms. The molecular weight excluding hydrogens is 462 g/mol. The maximum Gasteiger partial charge on any atom is 0.325 e. The number of amides is 4. The molecule has 1 atom stereocenters. The number of hydrogen-bond donors (Lipinski definition) is 2. The standard InChI is InChI=1S/C24H23N9O3/c1-15-21(16(2)33(28-15)18-9-5-4-6-10-18)26-20(34)13-31-22(35)24(3,27-23(31)36)17-8-7-11-19(12-17)32-14-25-29-30-32/h4-12,14H,13H2,1-3H3,(H,26,34)(H,27,36). The summed E-state index contributed by atoms with van der Waals surface area (Å²) in [5.74, 6) is -1.05. The van der Waals surface area contributed by atoms with Crippen LogP contribution in [0.2, 0.25) is 0 Å². The summed E-state index contributed by atoms with van der Waals surface area (Å²) in [5.41, 5.74) is 2.54. The summed E-state index contributed by atoms with van der Waals surface area (Å²) < 4.78 is 3.17. The van der Waals surface area contributed by atoms with Crippen LogP contribution < -0.4 is 10.6 Å². The average molecular weight is 486 g/mol. The number of tetrazole rings is 1. The first kappa shape index (κ1) is 22.9. The SMILES string of the molecule is Cc1nn(-c2ccccc2)c(C)c1NC(=O)CN1C(=O)NC(C)(c2cccc(-n3cnnn3)c2)C1=O. The molecule has 0 saturated carbocycles. The lowest BCUT2D eigenvalue weighted by atomic mass is 9.91. The van der Waals surface area contributed by atoms with Gasteiger partial charge in [-0.1, -0.05) is 30.3 Å². The summed E-state index contributed by atoms with van der Waals surface area (Å²) in [5, 5.41) is 21.1. The fourth-order valence-corrected chi connectivity index (χ4v) is 4.24. The Bertz CT molecular complexity index is 1460. The highest BCUT2D eigenvalue weighted by molar-refractivity contribution is 6.10. The summed E-state index contributed by atoms with van der Waals surface area (Å²) >= 11 is 0. The Kier molecular flexibility index (Phi) is 5.55. The van der Waals surface area contributed by atoms with Crippen molar-refractivity contribution in [1.29, 1.82) is 0 Å². The van der Waals surface area contributed by atoms with Crippen molar-refractivity contribution in [2.24, 2.45) is 0 Å². The van der Waals surface area contributed by atoms with Crippen molar-refractivity contribution >= 4 is 23.5 Å². The van der Waals surface area contributed by atoms with Gasteiger partial charge in [0, 0.05) is 0 Å². The van der Waals surface area contributed by atoms with Gasteiger partial charge in [0.15, 0.2) is 0 Å². The van der Waals surface area contributed by atoms with Crippen LogP contribution in [0.15, 0.2) is 60.9 Å². The molecule has 0 bridgehead atoms. The first-order valence-electron chi connectivity index (χ1n) is 11.2. The molecule has 12 heteroatoms. The number of rotatable bonds is 6. The minimum Gasteiger partial charge on any atom is -0.321 e. The van der Waals surface area contributed by atoms with E-state index in [1.54, 1.807) is 42.8 Å². The van der Waals surface area contributed by atoms with E-state index in [4.69, 9.17) is 0 Å². The minimum atomic E-state index is -1.36. The van der Waals surface area contributed by atoms with Crippen molar-refractivity contribution < 1.29 is 14.4 Å². The molecule has 1 aliphatic heterocycles. The van der Waals surface area contributed by atoms with Gasteiger partial charge in [-0.25, -0.2) is 14.2 Å². The van der Waals surface area contributed by atoms with E-state index in [2.05, 4.69) is 31.3 Å². The zero-order chi connectivity index (χ0) is 25.4. The van der Waals surface area contributed by atoms with E-state index < -0.39 is 29.9 Å². The molecular formula is C24H23N9O3. The quantitative estimate of drug-likeness (QED) is 0.397. The van der Waals surface area contributed by atoms with Crippen molar-refractivity contribution in [2.45, 2.75) is 26.3 Å². The molecule has 3 heterocycles. The number of benzene rings is 2. The molecule has 0 radical (unpaired) electrons. The third-order valence-corrected chi connectivity index (χ3v) is 6.17. The van der Waals surface area contributed by atoms with Gasteiger partial charge >= 0.3 is 6.03 Å². The Labute approximate surface area is 205 Å². The van der Waals surface area contributed by atoms with Gasteiger partial charge in [0.05, 0.1) is 28.5 Å². The van der Waals surface area contributed by atoms with Crippen LogP contribution in [0.5, 0.6) is 0 Å². The van der Waals surface area contributed by atoms with Crippen LogP contribution in [0.3, 0.4) is 0 Å². The van der Waals surface area contributed by atoms with Gasteiger partial charge in [0.1, 0.15) is 18.4 Å². The molecule has 182 valence electrons. The lowest BCUT2D eigenvalue weighted by Gasteiger charge is -2.22. The van der Waals surface area contributed by atoms with Crippen LogP contribution in [-0.2, 0) is 15.1 Å². The first-order valence-corrected chi connectivity index (χ1v) is 11.2. The molecule has 4 aromatic rings. The largest absolute Gasteiger partial charge is 0.325 e. The van der Waals surface area contributed by atoms with Crippen molar-refractivity contribution in [1.82, 2.24) is 40.2 Å². The molecule has 1 unspecified atom stereocenters. The molecule has 2 aromatic heterocycles. The lowest BCUT2D eigenvalue weighted by molar-refractivity contribution is -0.133. The molecule has 0 spiro atoms. The summed E-state index contributed by atoms with van der Waals surface area (Å²) in [6.07, 6.45) is 1.43. The molecule has 1 saturated heterocycles. The van der Waals surface area contributed by atoms with Gasteiger partial charge in [0.25, 0.3) is 5.91 Å².